The zero-order valence-electron chi connectivity index (χ0n) is 13.1. The Bertz CT molecular complexity index is 652. The molecule has 1 heterocycles. The zero-order chi connectivity index (χ0) is 15.6. The molecule has 0 radical (unpaired) electrons. The number of nitrogens with zero attached hydrogens (tertiary/aromatic N) is 3. The van der Waals surface area contributed by atoms with Gasteiger partial charge in [0.05, 0.1) is 22.7 Å². The molecule has 0 saturated carbocycles. The molecular formula is C16H21N3O2. The van der Waals surface area contributed by atoms with Crippen LogP contribution in [0.4, 0.5) is 0 Å². The van der Waals surface area contributed by atoms with Gasteiger partial charge in [-0.3, -0.25) is 0 Å². The number of para-hydroxylation sites is 1. The van der Waals surface area contributed by atoms with E-state index in [9.17, 15) is 5.11 Å². The van der Waals surface area contributed by atoms with Crippen molar-refractivity contribution < 1.29 is 9.94 Å². The molecule has 0 aliphatic heterocycles. The Kier molecular flexibility index (Phi) is 4.02. The third-order valence-corrected chi connectivity index (χ3v) is 3.16. The van der Waals surface area contributed by atoms with E-state index < -0.39 is 0 Å². The van der Waals surface area contributed by atoms with Gasteiger partial charge in [-0.1, -0.05) is 44.1 Å². The van der Waals surface area contributed by atoms with Crippen molar-refractivity contribution in [1.29, 1.82) is 0 Å². The highest BCUT2D eigenvalue weighted by molar-refractivity contribution is 6.01. The first-order valence-corrected chi connectivity index (χ1v) is 6.82. The Morgan fingerprint density at radius 2 is 1.86 bits per heavy atom. The number of hydrogen-bond donors (Lipinski definition) is 1. The van der Waals surface area contributed by atoms with Crippen LogP contribution < -0.4 is 0 Å². The molecule has 2 rings (SSSR count). The maximum Gasteiger partial charge on any atom is 0.223 e. The van der Waals surface area contributed by atoms with Crippen molar-refractivity contribution in [2.75, 3.05) is 7.11 Å². The molecule has 1 N–H and O–H groups in total. The van der Waals surface area contributed by atoms with Crippen molar-refractivity contribution in [1.82, 2.24) is 9.78 Å². The van der Waals surface area contributed by atoms with Crippen molar-refractivity contribution >= 4 is 5.71 Å². The molecule has 21 heavy (non-hydrogen) atoms. The van der Waals surface area contributed by atoms with E-state index in [0.29, 0.717) is 11.3 Å². The Labute approximate surface area is 124 Å². The minimum absolute atomic E-state index is 0.0735. The molecule has 0 aliphatic rings. The highest BCUT2D eigenvalue weighted by Crippen LogP contribution is 2.33. The van der Waals surface area contributed by atoms with E-state index in [0.717, 1.165) is 11.4 Å². The minimum atomic E-state index is -0.225. The van der Waals surface area contributed by atoms with Gasteiger partial charge in [-0.05, 0) is 19.1 Å². The summed E-state index contributed by atoms with van der Waals surface area (Å²) >= 11 is 0. The standard InChI is InChI=1S/C16H21N3O2/c1-11(18-21-5)13-14(16(2,3)4)17-19(15(13)20)12-9-7-6-8-10-12/h6-10,20H,1-5H3. The van der Waals surface area contributed by atoms with Crippen LogP contribution >= 0.6 is 0 Å². The Hall–Kier alpha value is -2.30. The van der Waals surface area contributed by atoms with Crippen LogP contribution in [0.15, 0.2) is 35.5 Å². The Balaban J connectivity index is 2.69. The van der Waals surface area contributed by atoms with Crippen molar-refractivity contribution in [3.8, 4) is 11.6 Å². The Morgan fingerprint density at radius 1 is 1.24 bits per heavy atom. The number of aromatic nitrogens is 2. The summed E-state index contributed by atoms with van der Waals surface area (Å²) in [7, 11) is 1.49. The van der Waals surface area contributed by atoms with Crippen LogP contribution in [0.2, 0.25) is 0 Å². The van der Waals surface area contributed by atoms with E-state index in [1.54, 1.807) is 6.92 Å². The molecule has 0 aliphatic carbocycles. The molecule has 2 aromatic rings. The average Bonchev–Trinajstić information content (AvgIpc) is 2.78. The zero-order valence-corrected chi connectivity index (χ0v) is 13.1. The second-order valence-electron chi connectivity index (χ2n) is 5.90. The van der Waals surface area contributed by atoms with Gasteiger partial charge in [0.15, 0.2) is 0 Å². The highest BCUT2D eigenvalue weighted by Gasteiger charge is 2.29. The number of rotatable bonds is 3. The van der Waals surface area contributed by atoms with Crippen molar-refractivity contribution in [2.45, 2.75) is 33.1 Å². The molecule has 112 valence electrons. The van der Waals surface area contributed by atoms with Crippen LogP contribution in [0.1, 0.15) is 39.0 Å². The van der Waals surface area contributed by atoms with Crippen LogP contribution in [-0.4, -0.2) is 27.7 Å². The lowest BCUT2D eigenvalue weighted by Crippen LogP contribution is -2.16. The molecule has 1 aromatic heterocycles. The monoisotopic (exact) mass is 287 g/mol. The van der Waals surface area contributed by atoms with Gasteiger partial charge < -0.3 is 9.94 Å². The van der Waals surface area contributed by atoms with E-state index in [4.69, 9.17) is 4.84 Å². The second-order valence-corrected chi connectivity index (χ2v) is 5.90. The lowest BCUT2D eigenvalue weighted by Gasteiger charge is -2.16. The summed E-state index contributed by atoms with van der Waals surface area (Å²) in [6, 6.07) is 9.52. The van der Waals surface area contributed by atoms with E-state index in [2.05, 4.69) is 10.3 Å². The summed E-state index contributed by atoms with van der Waals surface area (Å²) < 4.78 is 1.53. The average molecular weight is 287 g/mol. The Morgan fingerprint density at radius 3 is 2.38 bits per heavy atom. The van der Waals surface area contributed by atoms with Gasteiger partial charge in [-0.2, -0.15) is 5.10 Å². The van der Waals surface area contributed by atoms with Crippen LogP contribution in [-0.2, 0) is 10.3 Å². The third kappa shape index (κ3) is 2.91. The first kappa shape index (κ1) is 15.1. The summed E-state index contributed by atoms with van der Waals surface area (Å²) in [6.07, 6.45) is 0. The maximum atomic E-state index is 10.6. The number of hydrogen-bond acceptors (Lipinski definition) is 4. The predicted molar refractivity (Wildman–Crippen MR) is 83.1 cm³/mol. The molecule has 5 heteroatoms. The van der Waals surface area contributed by atoms with Crippen LogP contribution in [0.3, 0.4) is 0 Å². The molecule has 0 fully saturated rings. The van der Waals surface area contributed by atoms with Crippen molar-refractivity contribution in [2.24, 2.45) is 5.16 Å². The van der Waals surface area contributed by atoms with Gasteiger partial charge in [0.25, 0.3) is 0 Å². The molecule has 0 amide bonds. The molecule has 0 bridgehead atoms. The lowest BCUT2D eigenvalue weighted by atomic mass is 9.88. The number of aromatic hydroxyl groups is 1. The van der Waals surface area contributed by atoms with Crippen LogP contribution in [0.25, 0.3) is 5.69 Å². The summed E-state index contributed by atoms with van der Waals surface area (Å²) in [6.45, 7) is 7.94. The van der Waals surface area contributed by atoms with Gasteiger partial charge in [0, 0.05) is 5.41 Å². The number of benzene rings is 1. The molecule has 0 spiro atoms. The summed E-state index contributed by atoms with van der Waals surface area (Å²) in [5, 5.41) is 19.1. The van der Waals surface area contributed by atoms with Crippen molar-refractivity contribution in [3.05, 3.63) is 41.6 Å². The molecule has 0 unspecified atom stereocenters. The fraction of sp³-hybridized carbons (Fsp3) is 0.375. The quantitative estimate of drug-likeness (QED) is 0.696. The van der Waals surface area contributed by atoms with E-state index in [1.807, 2.05) is 51.1 Å². The summed E-state index contributed by atoms with van der Waals surface area (Å²) in [5.41, 5.74) is 2.58. The molecular weight excluding hydrogens is 266 g/mol. The van der Waals surface area contributed by atoms with Crippen molar-refractivity contribution in [3.63, 3.8) is 0 Å². The second kappa shape index (κ2) is 5.60. The summed E-state index contributed by atoms with van der Waals surface area (Å²) in [4.78, 5) is 4.84. The smallest absolute Gasteiger partial charge is 0.223 e. The van der Waals surface area contributed by atoms with Gasteiger partial charge in [-0.15, -0.1) is 0 Å². The number of oxime groups is 1. The SMILES string of the molecule is CON=C(C)c1c(C(C)(C)C)nn(-c2ccccc2)c1O. The van der Waals surface area contributed by atoms with Gasteiger partial charge in [-0.25, -0.2) is 4.68 Å². The van der Waals surface area contributed by atoms with Gasteiger partial charge in [0.2, 0.25) is 5.88 Å². The normalized spacial score (nSPS) is 12.5. The minimum Gasteiger partial charge on any atom is -0.493 e. The van der Waals surface area contributed by atoms with Gasteiger partial charge >= 0.3 is 0 Å². The largest absolute Gasteiger partial charge is 0.493 e. The topological polar surface area (TPSA) is 59.6 Å². The van der Waals surface area contributed by atoms with E-state index in [-0.39, 0.29) is 11.3 Å². The first-order chi connectivity index (χ1) is 9.86. The lowest BCUT2D eigenvalue weighted by molar-refractivity contribution is 0.213. The molecule has 1 aromatic carbocycles. The predicted octanol–water partition coefficient (Wildman–Crippen LogP) is 3.25. The molecule has 0 saturated heterocycles. The molecule has 0 atom stereocenters. The van der Waals surface area contributed by atoms with E-state index in [1.165, 1.54) is 11.8 Å². The fourth-order valence-corrected chi connectivity index (χ4v) is 2.20. The first-order valence-electron chi connectivity index (χ1n) is 6.82. The summed E-state index contributed by atoms with van der Waals surface area (Å²) in [5.74, 6) is 0.0735. The fourth-order valence-electron chi connectivity index (χ4n) is 2.20. The highest BCUT2D eigenvalue weighted by atomic mass is 16.6. The molecule has 5 nitrogen and oxygen atoms in total. The maximum absolute atomic E-state index is 10.6. The van der Waals surface area contributed by atoms with Gasteiger partial charge in [0.1, 0.15) is 7.11 Å². The van der Waals surface area contributed by atoms with Crippen LogP contribution in [0.5, 0.6) is 5.88 Å². The van der Waals surface area contributed by atoms with Crippen LogP contribution in [0, 0.1) is 0 Å². The third-order valence-electron chi connectivity index (χ3n) is 3.16. The van der Waals surface area contributed by atoms with E-state index >= 15 is 0 Å².